The molecule has 0 fully saturated rings. The second kappa shape index (κ2) is 6.81. The lowest BCUT2D eigenvalue weighted by Gasteiger charge is -2.20. The lowest BCUT2D eigenvalue weighted by atomic mass is 10.0. The predicted molar refractivity (Wildman–Crippen MR) is 77.2 cm³/mol. The fraction of sp³-hybridized carbons (Fsp3) is 0.200. The molecule has 0 aliphatic carbocycles. The standard InChI is InChI=1S/C15H16FN3O2/c1-10(14(20)11-5-7-12(16)8-6-11)18-15(21)19-13-4-2-3-9-17-13/h2-10,14,20H,1H3,(H2,17,18,19,21)/t10-,14+/m1/s1. The summed E-state index contributed by atoms with van der Waals surface area (Å²) in [7, 11) is 0. The number of halogens is 1. The van der Waals surface area contributed by atoms with E-state index in [2.05, 4.69) is 15.6 Å². The van der Waals surface area contributed by atoms with E-state index in [0.717, 1.165) is 0 Å². The summed E-state index contributed by atoms with van der Waals surface area (Å²) in [5.74, 6) is 0.0397. The highest BCUT2D eigenvalue weighted by molar-refractivity contribution is 5.88. The van der Waals surface area contributed by atoms with Crippen molar-refractivity contribution in [1.82, 2.24) is 10.3 Å². The Bertz CT molecular complexity index is 590. The Labute approximate surface area is 121 Å². The molecule has 0 saturated carbocycles. The highest BCUT2D eigenvalue weighted by Gasteiger charge is 2.18. The zero-order valence-electron chi connectivity index (χ0n) is 11.5. The number of hydrogen-bond acceptors (Lipinski definition) is 3. The van der Waals surface area contributed by atoms with Gasteiger partial charge in [-0.05, 0) is 36.8 Å². The van der Waals surface area contributed by atoms with Crippen molar-refractivity contribution in [2.75, 3.05) is 5.32 Å². The van der Waals surface area contributed by atoms with Crippen molar-refractivity contribution < 1.29 is 14.3 Å². The maximum absolute atomic E-state index is 12.8. The van der Waals surface area contributed by atoms with E-state index in [0.29, 0.717) is 11.4 Å². The highest BCUT2D eigenvalue weighted by atomic mass is 19.1. The number of nitrogens with one attached hydrogen (secondary N) is 2. The third kappa shape index (κ3) is 4.25. The number of aromatic nitrogens is 1. The normalized spacial score (nSPS) is 13.3. The van der Waals surface area contributed by atoms with Crippen LogP contribution in [-0.4, -0.2) is 22.2 Å². The summed E-state index contributed by atoms with van der Waals surface area (Å²) in [5, 5.41) is 15.3. The molecule has 1 aromatic carbocycles. The van der Waals surface area contributed by atoms with Gasteiger partial charge in [-0.1, -0.05) is 18.2 Å². The number of aliphatic hydroxyl groups excluding tert-OH is 1. The second-order valence-electron chi connectivity index (χ2n) is 4.60. The molecule has 21 heavy (non-hydrogen) atoms. The molecule has 6 heteroatoms. The van der Waals surface area contributed by atoms with Crippen LogP contribution in [0.1, 0.15) is 18.6 Å². The minimum Gasteiger partial charge on any atom is -0.386 e. The maximum Gasteiger partial charge on any atom is 0.320 e. The first-order valence-electron chi connectivity index (χ1n) is 6.48. The molecule has 1 heterocycles. The van der Waals surface area contributed by atoms with Crippen molar-refractivity contribution in [3.8, 4) is 0 Å². The van der Waals surface area contributed by atoms with Crippen LogP contribution in [0.3, 0.4) is 0 Å². The fourth-order valence-corrected chi connectivity index (χ4v) is 1.82. The summed E-state index contributed by atoms with van der Waals surface area (Å²) in [6.07, 6.45) is 0.631. The third-order valence-corrected chi connectivity index (χ3v) is 2.95. The van der Waals surface area contributed by atoms with Gasteiger partial charge in [0.05, 0.1) is 12.1 Å². The first-order chi connectivity index (χ1) is 10.1. The minimum absolute atomic E-state index is 0.376. The Hall–Kier alpha value is -2.47. The van der Waals surface area contributed by atoms with Gasteiger partial charge < -0.3 is 10.4 Å². The molecule has 0 aliphatic rings. The van der Waals surface area contributed by atoms with E-state index in [9.17, 15) is 14.3 Å². The fourth-order valence-electron chi connectivity index (χ4n) is 1.82. The van der Waals surface area contributed by atoms with Crippen molar-refractivity contribution in [3.63, 3.8) is 0 Å². The average Bonchev–Trinajstić information content (AvgIpc) is 2.48. The number of nitrogens with zero attached hydrogens (tertiary/aromatic N) is 1. The van der Waals surface area contributed by atoms with Gasteiger partial charge in [0.2, 0.25) is 0 Å². The average molecular weight is 289 g/mol. The number of carbonyl (C=O) groups is 1. The number of amides is 2. The molecule has 0 spiro atoms. The van der Waals surface area contributed by atoms with Crippen molar-refractivity contribution in [2.45, 2.75) is 19.1 Å². The molecule has 5 nitrogen and oxygen atoms in total. The number of rotatable bonds is 4. The lowest BCUT2D eigenvalue weighted by Crippen LogP contribution is -2.39. The molecule has 2 rings (SSSR count). The van der Waals surface area contributed by atoms with Crippen LogP contribution in [0.4, 0.5) is 15.0 Å². The second-order valence-corrected chi connectivity index (χ2v) is 4.60. The largest absolute Gasteiger partial charge is 0.386 e. The molecule has 2 aromatic rings. The number of aliphatic hydroxyl groups is 1. The van der Waals surface area contributed by atoms with Gasteiger partial charge in [-0.25, -0.2) is 14.2 Å². The van der Waals surface area contributed by atoms with E-state index < -0.39 is 18.2 Å². The van der Waals surface area contributed by atoms with Crippen molar-refractivity contribution in [3.05, 3.63) is 60.0 Å². The summed E-state index contributed by atoms with van der Waals surface area (Å²) < 4.78 is 12.8. The Morgan fingerprint density at radius 3 is 2.57 bits per heavy atom. The maximum atomic E-state index is 12.8. The number of hydrogen-bond donors (Lipinski definition) is 3. The zero-order valence-corrected chi connectivity index (χ0v) is 11.5. The van der Waals surface area contributed by atoms with Gasteiger partial charge in [0.25, 0.3) is 0 Å². The smallest absolute Gasteiger partial charge is 0.320 e. The molecule has 0 bridgehead atoms. The summed E-state index contributed by atoms with van der Waals surface area (Å²) >= 11 is 0. The molecule has 2 atom stereocenters. The minimum atomic E-state index is -0.930. The van der Waals surface area contributed by atoms with Crippen LogP contribution in [0, 0.1) is 5.82 Å². The van der Waals surface area contributed by atoms with Gasteiger partial charge in [-0.2, -0.15) is 0 Å². The lowest BCUT2D eigenvalue weighted by molar-refractivity contribution is 0.139. The molecule has 0 radical (unpaired) electrons. The van der Waals surface area contributed by atoms with E-state index in [1.165, 1.54) is 24.3 Å². The zero-order chi connectivity index (χ0) is 15.2. The molecule has 3 N–H and O–H groups in total. The molecule has 1 aromatic heterocycles. The Morgan fingerprint density at radius 1 is 1.24 bits per heavy atom. The molecule has 0 unspecified atom stereocenters. The van der Waals surface area contributed by atoms with Crippen LogP contribution in [0.2, 0.25) is 0 Å². The molecule has 0 saturated heterocycles. The van der Waals surface area contributed by atoms with Crippen molar-refractivity contribution in [1.29, 1.82) is 0 Å². The van der Waals surface area contributed by atoms with Crippen LogP contribution in [0.15, 0.2) is 48.7 Å². The third-order valence-electron chi connectivity index (χ3n) is 2.95. The summed E-state index contributed by atoms with van der Waals surface area (Å²) in [4.78, 5) is 15.7. The first-order valence-corrected chi connectivity index (χ1v) is 6.48. The van der Waals surface area contributed by atoms with Crippen LogP contribution in [0.5, 0.6) is 0 Å². The SMILES string of the molecule is C[C@@H](NC(=O)Nc1ccccn1)[C@H](O)c1ccc(F)cc1. The summed E-state index contributed by atoms with van der Waals surface area (Å²) in [6, 6.07) is 9.62. The number of anilines is 1. The van der Waals surface area contributed by atoms with E-state index in [-0.39, 0.29) is 5.82 Å². The van der Waals surface area contributed by atoms with Gasteiger partial charge in [0, 0.05) is 6.20 Å². The van der Waals surface area contributed by atoms with Crippen LogP contribution >= 0.6 is 0 Å². The Morgan fingerprint density at radius 2 is 1.95 bits per heavy atom. The molecule has 0 aliphatic heterocycles. The Balaban J connectivity index is 1.92. The van der Waals surface area contributed by atoms with Gasteiger partial charge >= 0.3 is 6.03 Å². The van der Waals surface area contributed by atoms with E-state index >= 15 is 0 Å². The number of urea groups is 1. The van der Waals surface area contributed by atoms with Crippen LogP contribution in [0.25, 0.3) is 0 Å². The highest BCUT2D eigenvalue weighted by Crippen LogP contribution is 2.17. The van der Waals surface area contributed by atoms with Crippen LogP contribution in [-0.2, 0) is 0 Å². The van der Waals surface area contributed by atoms with E-state index in [4.69, 9.17) is 0 Å². The molecular weight excluding hydrogens is 273 g/mol. The monoisotopic (exact) mass is 289 g/mol. The summed E-state index contributed by atoms with van der Waals surface area (Å²) in [5.41, 5.74) is 0.530. The first kappa shape index (κ1) is 14.9. The van der Waals surface area contributed by atoms with Crippen molar-refractivity contribution >= 4 is 11.8 Å². The van der Waals surface area contributed by atoms with E-state index in [1.807, 2.05) is 0 Å². The van der Waals surface area contributed by atoms with Crippen LogP contribution < -0.4 is 10.6 Å². The predicted octanol–water partition coefficient (Wildman–Crippen LogP) is 2.46. The van der Waals surface area contributed by atoms with Gasteiger partial charge in [0.1, 0.15) is 11.6 Å². The number of pyridine rings is 1. The topological polar surface area (TPSA) is 74.2 Å². The molecule has 2 amide bonds. The quantitative estimate of drug-likeness (QED) is 0.809. The number of carbonyl (C=O) groups excluding carboxylic acids is 1. The number of benzene rings is 1. The molecular formula is C15H16FN3O2. The molecule has 110 valence electrons. The Kier molecular flexibility index (Phi) is 4.84. The summed E-state index contributed by atoms with van der Waals surface area (Å²) in [6.45, 7) is 1.66. The van der Waals surface area contributed by atoms with Gasteiger partial charge in [0.15, 0.2) is 0 Å². The van der Waals surface area contributed by atoms with Gasteiger partial charge in [-0.15, -0.1) is 0 Å². The van der Waals surface area contributed by atoms with Gasteiger partial charge in [-0.3, -0.25) is 5.32 Å². The van der Waals surface area contributed by atoms with Crippen molar-refractivity contribution in [2.24, 2.45) is 0 Å². The van der Waals surface area contributed by atoms with E-state index in [1.54, 1.807) is 31.3 Å².